The maximum absolute atomic E-state index is 13.0. The van der Waals surface area contributed by atoms with E-state index in [4.69, 9.17) is 16.7 Å². The van der Waals surface area contributed by atoms with Crippen molar-refractivity contribution in [2.45, 2.75) is 0 Å². The molecule has 0 bridgehead atoms. The minimum atomic E-state index is -1.04. The molecule has 0 heterocycles. The first kappa shape index (κ1) is 15.1. The van der Waals surface area contributed by atoms with Crippen LogP contribution in [-0.4, -0.2) is 18.1 Å². The van der Waals surface area contributed by atoms with Gasteiger partial charge in [0.1, 0.15) is 5.82 Å². The highest BCUT2D eigenvalue weighted by atomic mass is 35.5. The molecule has 0 amide bonds. The van der Waals surface area contributed by atoms with E-state index >= 15 is 0 Å². The number of aliphatic carboxylic acids is 1. The fraction of sp³-hybridized carbons (Fsp3) is 0.0625. The summed E-state index contributed by atoms with van der Waals surface area (Å²) in [5.41, 5.74) is 2.21. The molecule has 0 aliphatic heterocycles. The molecule has 0 unspecified atom stereocenters. The van der Waals surface area contributed by atoms with E-state index in [1.807, 2.05) is 11.9 Å². The van der Waals surface area contributed by atoms with Crippen LogP contribution in [0.1, 0.15) is 5.56 Å². The normalized spacial score (nSPS) is 10.8. The number of carboxylic acids is 1. The number of carboxylic acid groups (broad SMARTS) is 1. The number of hydrogen-bond donors (Lipinski definition) is 1. The number of halogens is 2. The van der Waals surface area contributed by atoms with Crippen molar-refractivity contribution in [3.05, 3.63) is 64.9 Å². The van der Waals surface area contributed by atoms with Gasteiger partial charge in [-0.2, -0.15) is 0 Å². The monoisotopic (exact) mass is 305 g/mol. The van der Waals surface area contributed by atoms with Gasteiger partial charge in [0.2, 0.25) is 0 Å². The van der Waals surface area contributed by atoms with Crippen molar-refractivity contribution in [1.82, 2.24) is 0 Å². The first-order valence-electron chi connectivity index (χ1n) is 6.17. The van der Waals surface area contributed by atoms with Crippen LogP contribution >= 0.6 is 11.6 Å². The summed E-state index contributed by atoms with van der Waals surface area (Å²) in [5, 5.41) is 9.26. The Balaban J connectivity index is 2.42. The Bertz CT molecular complexity index is 683. The molecule has 21 heavy (non-hydrogen) atoms. The third kappa shape index (κ3) is 3.83. The second kappa shape index (κ2) is 6.41. The van der Waals surface area contributed by atoms with Gasteiger partial charge >= 0.3 is 5.97 Å². The van der Waals surface area contributed by atoms with Crippen LogP contribution in [0.2, 0.25) is 5.02 Å². The average molecular weight is 306 g/mol. The van der Waals surface area contributed by atoms with E-state index in [1.165, 1.54) is 18.2 Å². The summed E-state index contributed by atoms with van der Waals surface area (Å²) in [6.07, 6.45) is 2.53. The van der Waals surface area contributed by atoms with Crippen LogP contribution in [0.25, 0.3) is 6.08 Å². The van der Waals surface area contributed by atoms with E-state index in [-0.39, 0.29) is 5.82 Å². The molecule has 0 aromatic heterocycles. The zero-order valence-electron chi connectivity index (χ0n) is 11.3. The molecule has 0 radical (unpaired) electrons. The zero-order valence-corrected chi connectivity index (χ0v) is 12.0. The van der Waals surface area contributed by atoms with Crippen molar-refractivity contribution in [3.63, 3.8) is 0 Å². The lowest BCUT2D eigenvalue weighted by Gasteiger charge is -2.22. The fourth-order valence-electron chi connectivity index (χ4n) is 1.93. The van der Waals surface area contributed by atoms with Gasteiger partial charge in [-0.3, -0.25) is 0 Å². The van der Waals surface area contributed by atoms with Crippen LogP contribution in [0.4, 0.5) is 15.8 Å². The van der Waals surface area contributed by atoms with Crippen molar-refractivity contribution in [3.8, 4) is 0 Å². The third-order valence-electron chi connectivity index (χ3n) is 2.97. The molecule has 0 aliphatic rings. The van der Waals surface area contributed by atoms with Crippen LogP contribution in [0.15, 0.2) is 48.5 Å². The number of benzene rings is 2. The van der Waals surface area contributed by atoms with Crippen LogP contribution in [-0.2, 0) is 4.79 Å². The highest BCUT2D eigenvalue weighted by Gasteiger charge is 2.09. The average Bonchev–Trinajstić information content (AvgIpc) is 2.45. The molecule has 3 nitrogen and oxygen atoms in total. The van der Waals surface area contributed by atoms with E-state index in [0.29, 0.717) is 10.6 Å². The second-order valence-electron chi connectivity index (χ2n) is 4.41. The lowest BCUT2D eigenvalue weighted by atomic mass is 10.1. The van der Waals surface area contributed by atoms with Crippen LogP contribution in [0, 0.1) is 5.82 Å². The fourth-order valence-corrected chi connectivity index (χ4v) is 2.11. The summed E-state index contributed by atoms with van der Waals surface area (Å²) in [6, 6.07) is 11.2. The van der Waals surface area contributed by atoms with Gasteiger partial charge < -0.3 is 10.0 Å². The molecular formula is C16H13ClFNO2. The van der Waals surface area contributed by atoms with Gasteiger partial charge in [-0.25, -0.2) is 9.18 Å². The highest BCUT2D eigenvalue weighted by Crippen LogP contribution is 2.30. The Morgan fingerprint density at radius 1 is 1.24 bits per heavy atom. The molecule has 108 valence electrons. The summed E-state index contributed by atoms with van der Waals surface area (Å²) in [5.74, 6) is -1.35. The highest BCUT2D eigenvalue weighted by molar-refractivity contribution is 6.30. The predicted molar refractivity (Wildman–Crippen MR) is 82.6 cm³/mol. The van der Waals surface area contributed by atoms with Gasteiger partial charge in [-0.05, 0) is 54.1 Å². The van der Waals surface area contributed by atoms with Crippen molar-refractivity contribution in [2.75, 3.05) is 11.9 Å². The Morgan fingerprint density at radius 2 is 1.90 bits per heavy atom. The lowest BCUT2D eigenvalue weighted by molar-refractivity contribution is -0.131. The molecule has 2 aromatic rings. The van der Waals surface area contributed by atoms with Crippen molar-refractivity contribution >= 4 is 35.0 Å². The van der Waals surface area contributed by atoms with E-state index < -0.39 is 5.97 Å². The van der Waals surface area contributed by atoms with Gasteiger partial charge in [0.25, 0.3) is 0 Å². The van der Waals surface area contributed by atoms with E-state index in [0.717, 1.165) is 17.5 Å². The largest absolute Gasteiger partial charge is 0.478 e. The van der Waals surface area contributed by atoms with E-state index in [1.54, 1.807) is 30.3 Å². The predicted octanol–water partition coefficient (Wildman–Crippen LogP) is 4.34. The molecule has 0 saturated heterocycles. The minimum Gasteiger partial charge on any atom is -0.478 e. The maximum Gasteiger partial charge on any atom is 0.328 e. The van der Waals surface area contributed by atoms with Crippen LogP contribution in [0.3, 0.4) is 0 Å². The molecular weight excluding hydrogens is 293 g/mol. The Hall–Kier alpha value is -2.33. The standard InChI is InChI=1S/C16H13ClFNO2/c1-19(14-6-4-13(18)5-7-14)15-8-3-12(17)10-11(15)2-9-16(20)21/h2-10H,1H3,(H,20,21)/b9-2+. The lowest BCUT2D eigenvalue weighted by Crippen LogP contribution is -2.10. The van der Waals surface area contributed by atoms with Crippen molar-refractivity contribution in [1.29, 1.82) is 0 Å². The molecule has 1 N–H and O–H groups in total. The summed E-state index contributed by atoms with van der Waals surface area (Å²) in [4.78, 5) is 12.5. The SMILES string of the molecule is CN(c1ccc(F)cc1)c1ccc(Cl)cc1/C=C/C(=O)O. The molecule has 0 fully saturated rings. The molecule has 0 saturated carbocycles. The summed E-state index contributed by atoms with van der Waals surface area (Å²) in [7, 11) is 1.81. The smallest absolute Gasteiger partial charge is 0.328 e. The first-order valence-corrected chi connectivity index (χ1v) is 6.55. The third-order valence-corrected chi connectivity index (χ3v) is 3.21. The number of nitrogens with zero attached hydrogens (tertiary/aromatic N) is 1. The molecule has 5 heteroatoms. The number of rotatable bonds is 4. The topological polar surface area (TPSA) is 40.5 Å². The molecule has 0 spiro atoms. The minimum absolute atomic E-state index is 0.311. The van der Waals surface area contributed by atoms with Crippen LogP contribution < -0.4 is 4.90 Å². The van der Waals surface area contributed by atoms with Gasteiger partial charge in [0.15, 0.2) is 0 Å². The number of anilines is 2. The summed E-state index contributed by atoms with van der Waals surface area (Å²) < 4.78 is 13.0. The molecule has 0 atom stereocenters. The van der Waals surface area contributed by atoms with E-state index in [9.17, 15) is 9.18 Å². The first-order chi connectivity index (χ1) is 9.97. The van der Waals surface area contributed by atoms with E-state index in [2.05, 4.69) is 0 Å². The summed E-state index contributed by atoms with van der Waals surface area (Å²) in [6.45, 7) is 0. The van der Waals surface area contributed by atoms with Gasteiger partial charge in [0.05, 0.1) is 0 Å². The van der Waals surface area contributed by atoms with Gasteiger partial charge in [-0.1, -0.05) is 11.6 Å². The molecule has 2 rings (SSSR count). The number of hydrogen-bond acceptors (Lipinski definition) is 2. The van der Waals surface area contributed by atoms with Crippen molar-refractivity contribution in [2.24, 2.45) is 0 Å². The molecule has 2 aromatic carbocycles. The van der Waals surface area contributed by atoms with Crippen LogP contribution in [0.5, 0.6) is 0 Å². The Labute approximate surface area is 126 Å². The number of carbonyl (C=O) groups is 1. The van der Waals surface area contributed by atoms with Gasteiger partial charge in [0, 0.05) is 29.5 Å². The second-order valence-corrected chi connectivity index (χ2v) is 4.85. The summed E-state index contributed by atoms with van der Waals surface area (Å²) >= 11 is 5.95. The quantitative estimate of drug-likeness (QED) is 0.854. The Kier molecular flexibility index (Phi) is 4.60. The Morgan fingerprint density at radius 3 is 2.52 bits per heavy atom. The molecule has 0 aliphatic carbocycles. The maximum atomic E-state index is 13.0. The zero-order chi connectivity index (χ0) is 15.4. The van der Waals surface area contributed by atoms with Gasteiger partial charge in [-0.15, -0.1) is 0 Å². The van der Waals surface area contributed by atoms with Crippen molar-refractivity contribution < 1.29 is 14.3 Å².